The summed E-state index contributed by atoms with van der Waals surface area (Å²) < 4.78 is 0. The molecule has 0 aromatic carbocycles. The standard InChI is InChI=1S/C24H34O2/c1-4-8-23(25)18-13-15(18)20-19-14-12-17(14)24(26)10-6-5-9-21(24,2)16(19)7-11-22(20,23)3/h14-20,25-26H,5-7,9-13H2,1-3H3. The smallest absolute Gasteiger partial charge is 0.134 e. The summed E-state index contributed by atoms with van der Waals surface area (Å²) in [6.45, 7) is 6.70. The lowest BCUT2D eigenvalue weighted by atomic mass is 9.42. The molecular weight excluding hydrogens is 320 g/mol. The Labute approximate surface area is 158 Å². The van der Waals surface area contributed by atoms with Crippen LogP contribution >= 0.6 is 0 Å². The van der Waals surface area contributed by atoms with Crippen LogP contribution < -0.4 is 0 Å². The quantitative estimate of drug-likeness (QED) is 0.646. The molecule has 6 saturated carbocycles. The fourth-order valence-corrected chi connectivity index (χ4v) is 9.63. The third-order valence-electron chi connectivity index (χ3n) is 10.9. The molecule has 6 aliphatic carbocycles. The van der Waals surface area contributed by atoms with Crippen LogP contribution in [0.1, 0.15) is 72.1 Å². The van der Waals surface area contributed by atoms with E-state index in [0.29, 0.717) is 29.6 Å². The van der Waals surface area contributed by atoms with Crippen LogP contribution in [-0.4, -0.2) is 21.4 Å². The Morgan fingerprint density at radius 3 is 2.35 bits per heavy atom. The molecule has 2 N–H and O–H groups in total. The van der Waals surface area contributed by atoms with Gasteiger partial charge in [-0.3, -0.25) is 0 Å². The zero-order valence-electron chi connectivity index (χ0n) is 16.6. The maximum Gasteiger partial charge on any atom is 0.134 e. The highest BCUT2D eigenvalue weighted by molar-refractivity contribution is 5.36. The van der Waals surface area contributed by atoms with Gasteiger partial charge < -0.3 is 10.2 Å². The van der Waals surface area contributed by atoms with Crippen molar-refractivity contribution in [3.8, 4) is 11.8 Å². The van der Waals surface area contributed by atoms with Crippen LogP contribution in [-0.2, 0) is 0 Å². The zero-order valence-corrected chi connectivity index (χ0v) is 16.6. The first-order valence-electron chi connectivity index (χ1n) is 11.2. The molecule has 0 saturated heterocycles. The molecule has 6 rings (SSSR count). The summed E-state index contributed by atoms with van der Waals surface area (Å²) in [4.78, 5) is 0. The zero-order chi connectivity index (χ0) is 18.1. The monoisotopic (exact) mass is 354 g/mol. The summed E-state index contributed by atoms with van der Waals surface area (Å²) in [6, 6.07) is 0. The summed E-state index contributed by atoms with van der Waals surface area (Å²) in [5, 5.41) is 23.5. The van der Waals surface area contributed by atoms with Gasteiger partial charge in [0.05, 0.1) is 5.60 Å². The first kappa shape index (κ1) is 16.4. The summed E-state index contributed by atoms with van der Waals surface area (Å²) in [7, 11) is 0. The van der Waals surface area contributed by atoms with Gasteiger partial charge in [0.15, 0.2) is 0 Å². The summed E-state index contributed by atoms with van der Waals surface area (Å²) in [5.74, 6) is 10.8. The van der Waals surface area contributed by atoms with E-state index in [0.717, 1.165) is 24.7 Å². The predicted octanol–water partition coefficient (Wildman–Crippen LogP) is 4.00. The Morgan fingerprint density at radius 2 is 1.58 bits per heavy atom. The van der Waals surface area contributed by atoms with Gasteiger partial charge in [0.25, 0.3) is 0 Å². The summed E-state index contributed by atoms with van der Waals surface area (Å²) in [5.41, 5.74) is -1.08. The second-order valence-electron chi connectivity index (χ2n) is 11.4. The van der Waals surface area contributed by atoms with Crippen molar-refractivity contribution in [3.63, 3.8) is 0 Å². The highest BCUT2D eigenvalue weighted by Crippen LogP contribution is 2.81. The molecule has 2 heteroatoms. The van der Waals surface area contributed by atoms with Crippen LogP contribution in [0, 0.1) is 64.1 Å². The average Bonchev–Trinajstić information content (AvgIpc) is 3.49. The molecular formula is C24H34O2. The molecule has 11 atom stereocenters. The maximum absolute atomic E-state index is 11.8. The van der Waals surface area contributed by atoms with Crippen molar-refractivity contribution in [1.82, 2.24) is 0 Å². The average molecular weight is 355 g/mol. The highest BCUT2D eigenvalue weighted by Gasteiger charge is 2.80. The summed E-state index contributed by atoms with van der Waals surface area (Å²) >= 11 is 0. The van der Waals surface area contributed by atoms with Crippen LogP contribution in [0.3, 0.4) is 0 Å². The third kappa shape index (κ3) is 1.52. The van der Waals surface area contributed by atoms with E-state index in [4.69, 9.17) is 0 Å². The molecule has 26 heavy (non-hydrogen) atoms. The Morgan fingerprint density at radius 1 is 0.846 bits per heavy atom. The first-order chi connectivity index (χ1) is 12.3. The molecule has 6 aliphatic rings. The van der Waals surface area contributed by atoms with Gasteiger partial charge in [0.1, 0.15) is 5.60 Å². The van der Waals surface area contributed by atoms with Crippen molar-refractivity contribution >= 4 is 0 Å². The third-order valence-corrected chi connectivity index (χ3v) is 10.9. The fraction of sp³-hybridized carbons (Fsp3) is 0.917. The Hall–Kier alpha value is -0.520. The SMILES string of the molecule is CC#CC1(O)C2CC2C2C3C4CC4C4(O)CCCCC4(C)C3CCC21C. The van der Waals surface area contributed by atoms with Gasteiger partial charge in [0.2, 0.25) is 0 Å². The first-order valence-corrected chi connectivity index (χ1v) is 11.2. The molecule has 2 nitrogen and oxygen atoms in total. The lowest BCUT2D eigenvalue weighted by molar-refractivity contribution is -0.220. The van der Waals surface area contributed by atoms with Crippen LogP contribution in [0.4, 0.5) is 0 Å². The van der Waals surface area contributed by atoms with Crippen LogP contribution in [0.15, 0.2) is 0 Å². The highest BCUT2D eigenvalue weighted by atomic mass is 16.3. The minimum absolute atomic E-state index is 0.0294. The van der Waals surface area contributed by atoms with E-state index in [-0.39, 0.29) is 10.8 Å². The summed E-state index contributed by atoms with van der Waals surface area (Å²) in [6.07, 6.45) is 9.47. The van der Waals surface area contributed by atoms with Crippen LogP contribution in [0.5, 0.6) is 0 Å². The molecule has 11 unspecified atom stereocenters. The molecule has 0 aromatic rings. The van der Waals surface area contributed by atoms with Gasteiger partial charge in [0, 0.05) is 11.3 Å². The van der Waals surface area contributed by atoms with Gasteiger partial charge in [-0.05, 0) is 86.4 Å². The van der Waals surface area contributed by atoms with Gasteiger partial charge in [-0.25, -0.2) is 0 Å². The second-order valence-corrected chi connectivity index (χ2v) is 11.4. The Balaban J connectivity index is 1.45. The largest absolute Gasteiger partial charge is 0.389 e. The van der Waals surface area contributed by atoms with E-state index in [1.165, 1.54) is 38.5 Å². The Bertz CT molecular complexity index is 734. The lowest BCUT2D eigenvalue weighted by Gasteiger charge is -2.64. The number of rotatable bonds is 0. The Kier molecular flexibility index (Phi) is 2.87. The molecule has 0 aliphatic heterocycles. The molecule has 6 fully saturated rings. The predicted molar refractivity (Wildman–Crippen MR) is 101 cm³/mol. The van der Waals surface area contributed by atoms with E-state index in [2.05, 4.69) is 25.7 Å². The van der Waals surface area contributed by atoms with Crippen molar-refractivity contribution in [1.29, 1.82) is 0 Å². The van der Waals surface area contributed by atoms with E-state index >= 15 is 0 Å². The van der Waals surface area contributed by atoms with Crippen molar-refractivity contribution < 1.29 is 10.2 Å². The number of fused-ring (bicyclic) bond motifs is 10. The maximum atomic E-state index is 11.8. The molecule has 0 spiro atoms. The van der Waals surface area contributed by atoms with Gasteiger partial charge >= 0.3 is 0 Å². The minimum Gasteiger partial charge on any atom is -0.389 e. The van der Waals surface area contributed by atoms with Gasteiger partial charge in [-0.2, -0.15) is 0 Å². The van der Waals surface area contributed by atoms with E-state index in [9.17, 15) is 10.2 Å². The number of hydrogen-bond acceptors (Lipinski definition) is 2. The van der Waals surface area contributed by atoms with Crippen molar-refractivity contribution in [2.24, 2.45) is 52.3 Å². The molecule has 0 bridgehead atoms. The van der Waals surface area contributed by atoms with E-state index < -0.39 is 11.2 Å². The van der Waals surface area contributed by atoms with E-state index in [1.807, 2.05) is 6.92 Å². The number of hydrogen-bond donors (Lipinski definition) is 2. The molecule has 0 aromatic heterocycles. The minimum atomic E-state index is -0.756. The molecule has 142 valence electrons. The molecule has 0 radical (unpaired) electrons. The van der Waals surface area contributed by atoms with Crippen LogP contribution in [0.2, 0.25) is 0 Å². The fourth-order valence-electron chi connectivity index (χ4n) is 9.63. The van der Waals surface area contributed by atoms with E-state index in [1.54, 1.807) is 0 Å². The number of aliphatic hydroxyl groups is 2. The lowest BCUT2D eigenvalue weighted by Crippen LogP contribution is -2.64. The van der Waals surface area contributed by atoms with Crippen molar-refractivity contribution in [2.75, 3.05) is 0 Å². The van der Waals surface area contributed by atoms with Crippen molar-refractivity contribution in [3.05, 3.63) is 0 Å². The normalized spacial score (nSPS) is 66.9. The molecule has 0 heterocycles. The van der Waals surface area contributed by atoms with Crippen LogP contribution in [0.25, 0.3) is 0 Å². The second kappa shape index (κ2) is 4.55. The van der Waals surface area contributed by atoms with Crippen molar-refractivity contribution in [2.45, 2.75) is 83.3 Å². The van der Waals surface area contributed by atoms with Gasteiger partial charge in [-0.15, -0.1) is 5.92 Å². The van der Waals surface area contributed by atoms with Gasteiger partial charge in [-0.1, -0.05) is 32.6 Å². The molecule has 0 amide bonds. The topological polar surface area (TPSA) is 40.5 Å².